The predicted octanol–water partition coefficient (Wildman–Crippen LogP) is -0.155. The average Bonchev–Trinajstić information content (AvgIpc) is 3.29. The number of para-hydroxylation sites is 1. The first-order valence-electron chi connectivity index (χ1n) is 8.33. The van der Waals surface area contributed by atoms with Gasteiger partial charge in [-0.3, -0.25) is 19.4 Å². The molecule has 8 nitrogen and oxygen atoms in total. The van der Waals surface area contributed by atoms with Crippen molar-refractivity contribution >= 4 is 29.1 Å². The summed E-state index contributed by atoms with van der Waals surface area (Å²) in [4.78, 5) is 37.8. The number of hydrogen-bond acceptors (Lipinski definition) is 5. The molecule has 1 unspecified atom stereocenters. The van der Waals surface area contributed by atoms with Crippen molar-refractivity contribution in [2.75, 3.05) is 24.6 Å². The van der Waals surface area contributed by atoms with Crippen LogP contribution < -0.4 is 16.1 Å². The lowest BCUT2D eigenvalue weighted by molar-refractivity contribution is -0.130. The van der Waals surface area contributed by atoms with Crippen LogP contribution in [0.5, 0.6) is 0 Å². The second-order valence-corrected chi connectivity index (χ2v) is 6.12. The van der Waals surface area contributed by atoms with E-state index in [2.05, 4.69) is 10.4 Å². The van der Waals surface area contributed by atoms with Crippen LogP contribution in [0.2, 0.25) is 0 Å². The third-order valence-corrected chi connectivity index (χ3v) is 4.38. The minimum atomic E-state index is -0.711. The van der Waals surface area contributed by atoms with Crippen molar-refractivity contribution in [3.8, 4) is 0 Å². The Bertz CT molecular complexity index is 697. The monoisotopic (exact) mass is 343 g/mol. The molecule has 0 spiro atoms. The zero-order valence-corrected chi connectivity index (χ0v) is 13.9. The van der Waals surface area contributed by atoms with Gasteiger partial charge in [0.1, 0.15) is 11.8 Å². The molecule has 2 aliphatic rings. The first kappa shape index (κ1) is 16.9. The molecule has 1 saturated heterocycles. The smallest absolute Gasteiger partial charge is 0.268 e. The van der Waals surface area contributed by atoms with E-state index in [1.165, 1.54) is 5.01 Å². The summed E-state index contributed by atoms with van der Waals surface area (Å²) in [5.41, 5.74) is 6.33. The molecule has 1 aromatic rings. The van der Waals surface area contributed by atoms with Gasteiger partial charge in [0.2, 0.25) is 11.8 Å². The van der Waals surface area contributed by atoms with Crippen molar-refractivity contribution in [1.82, 2.24) is 10.2 Å². The van der Waals surface area contributed by atoms with Gasteiger partial charge in [0.05, 0.1) is 12.2 Å². The Labute approximate surface area is 145 Å². The largest absolute Gasteiger partial charge is 0.368 e. The Morgan fingerprint density at radius 3 is 2.48 bits per heavy atom. The number of nitrogens with zero attached hydrogens (tertiary/aromatic N) is 3. The van der Waals surface area contributed by atoms with E-state index in [4.69, 9.17) is 5.73 Å². The molecule has 25 heavy (non-hydrogen) atoms. The molecule has 0 aliphatic carbocycles. The van der Waals surface area contributed by atoms with Gasteiger partial charge in [0.15, 0.2) is 0 Å². The van der Waals surface area contributed by atoms with Gasteiger partial charge in [0, 0.05) is 19.5 Å². The molecule has 0 bridgehead atoms. The second-order valence-electron chi connectivity index (χ2n) is 6.12. The highest BCUT2D eigenvalue weighted by Gasteiger charge is 2.35. The van der Waals surface area contributed by atoms with E-state index in [0.29, 0.717) is 5.69 Å². The molecular formula is C17H21N5O3. The van der Waals surface area contributed by atoms with Crippen LogP contribution in [-0.4, -0.2) is 54.0 Å². The molecule has 2 aliphatic heterocycles. The van der Waals surface area contributed by atoms with Crippen LogP contribution in [0.15, 0.2) is 35.4 Å². The van der Waals surface area contributed by atoms with Gasteiger partial charge in [-0.1, -0.05) is 18.2 Å². The van der Waals surface area contributed by atoms with Crippen molar-refractivity contribution in [1.29, 1.82) is 0 Å². The molecule has 2 heterocycles. The summed E-state index contributed by atoms with van der Waals surface area (Å²) in [5, 5.41) is 8.30. The zero-order valence-electron chi connectivity index (χ0n) is 13.9. The highest BCUT2D eigenvalue weighted by atomic mass is 16.2. The van der Waals surface area contributed by atoms with Crippen molar-refractivity contribution in [3.63, 3.8) is 0 Å². The molecule has 3 amide bonds. The van der Waals surface area contributed by atoms with E-state index in [9.17, 15) is 14.4 Å². The number of nitrogens with one attached hydrogen (secondary N) is 1. The van der Waals surface area contributed by atoms with Gasteiger partial charge in [-0.25, -0.2) is 0 Å². The number of rotatable bonds is 5. The number of primary amides is 1. The van der Waals surface area contributed by atoms with Gasteiger partial charge < -0.3 is 16.0 Å². The van der Waals surface area contributed by atoms with Gasteiger partial charge in [0.25, 0.3) is 5.91 Å². The minimum Gasteiger partial charge on any atom is -0.368 e. The standard InChI is InChI=1S/C17H21N5O3/c18-16(24)14-10-13(20-22(14)12-6-2-1-3-7-12)17(25)19-11-15(23)21-8-4-5-9-21/h1-3,6-7,14H,4-5,8-11H2,(H2,18,24)(H,19,25). The first-order chi connectivity index (χ1) is 12.1. The van der Waals surface area contributed by atoms with Gasteiger partial charge in [-0.2, -0.15) is 5.10 Å². The normalized spacial score (nSPS) is 19.7. The topological polar surface area (TPSA) is 108 Å². The van der Waals surface area contributed by atoms with E-state index in [0.717, 1.165) is 25.9 Å². The lowest BCUT2D eigenvalue weighted by atomic mass is 10.1. The van der Waals surface area contributed by atoms with E-state index in [1.807, 2.05) is 18.2 Å². The fourth-order valence-electron chi connectivity index (χ4n) is 3.02. The molecular weight excluding hydrogens is 322 g/mol. The predicted molar refractivity (Wildman–Crippen MR) is 92.8 cm³/mol. The third kappa shape index (κ3) is 3.78. The maximum Gasteiger partial charge on any atom is 0.268 e. The quantitative estimate of drug-likeness (QED) is 0.775. The lowest BCUT2D eigenvalue weighted by Crippen LogP contribution is -2.42. The maximum atomic E-state index is 12.3. The number of hydrazone groups is 1. The molecule has 8 heteroatoms. The Balaban J connectivity index is 1.65. The van der Waals surface area contributed by atoms with Crippen molar-refractivity contribution < 1.29 is 14.4 Å². The Hall–Kier alpha value is -2.90. The third-order valence-electron chi connectivity index (χ3n) is 4.38. The highest BCUT2D eigenvalue weighted by molar-refractivity contribution is 6.40. The Morgan fingerprint density at radius 2 is 1.84 bits per heavy atom. The lowest BCUT2D eigenvalue weighted by Gasteiger charge is -2.20. The van der Waals surface area contributed by atoms with Gasteiger partial charge in [-0.05, 0) is 25.0 Å². The summed E-state index contributed by atoms with van der Waals surface area (Å²) in [5.74, 6) is -1.10. The first-order valence-corrected chi connectivity index (χ1v) is 8.33. The summed E-state index contributed by atoms with van der Waals surface area (Å²) in [6, 6.07) is 8.34. The zero-order chi connectivity index (χ0) is 17.8. The SMILES string of the molecule is NC(=O)C1CC(C(=O)NCC(=O)N2CCCC2)=NN1c1ccccc1. The number of amides is 3. The van der Waals surface area contributed by atoms with Crippen LogP contribution in [0, 0.1) is 0 Å². The molecule has 1 fully saturated rings. The van der Waals surface area contributed by atoms with E-state index < -0.39 is 17.9 Å². The molecule has 1 atom stereocenters. The fraction of sp³-hybridized carbons (Fsp3) is 0.412. The van der Waals surface area contributed by atoms with Crippen LogP contribution in [0.25, 0.3) is 0 Å². The summed E-state index contributed by atoms with van der Waals surface area (Å²) < 4.78 is 0. The second kappa shape index (κ2) is 7.33. The van der Waals surface area contributed by atoms with Crippen LogP contribution >= 0.6 is 0 Å². The van der Waals surface area contributed by atoms with Crippen molar-refractivity contribution in [2.24, 2.45) is 10.8 Å². The molecule has 1 aromatic carbocycles. The molecule has 3 rings (SSSR count). The summed E-state index contributed by atoms with van der Waals surface area (Å²) in [7, 11) is 0. The highest BCUT2D eigenvalue weighted by Crippen LogP contribution is 2.24. The molecule has 132 valence electrons. The van der Waals surface area contributed by atoms with Crippen molar-refractivity contribution in [2.45, 2.75) is 25.3 Å². The number of carbonyl (C=O) groups is 3. The van der Waals surface area contributed by atoms with E-state index in [1.54, 1.807) is 17.0 Å². The Kier molecular flexibility index (Phi) is 4.97. The molecule has 3 N–H and O–H groups in total. The number of likely N-dealkylation sites (tertiary alicyclic amines) is 1. The van der Waals surface area contributed by atoms with Gasteiger partial charge >= 0.3 is 0 Å². The summed E-state index contributed by atoms with van der Waals surface area (Å²) >= 11 is 0. The minimum absolute atomic E-state index is 0.0651. The molecule has 0 aromatic heterocycles. The number of carbonyl (C=O) groups excluding carboxylic acids is 3. The maximum absolute atomic E-state index is 12.3. The number of anilines is 1. The number of hydrogen-bond donors (Lipinski definition) is 2. The molecule has 0 radical (unpaired) electrons. The van der Waals surface area contributed by atoms with E-state index >= 15 is 0 Å². The average molecular weight is 343 g/mol. The van der Waals surface area contributed by atoms with Crippen LogP contribution in [0.1, 0.15) is 19.3 Å². The van der Waals surface area contributed by atoms with Crippen LogP contribution in [0.3, 0.4) is 0 Å². The molecule has 0 saturated carbocycles. The summed E-state index contributed by atoms with van der Waals surface area (Å²) in [6.45, 7) is 1.41. The van der Waals surface area contributed by atoms with Gasteiger partial charge in [-0.15, -0.1) is 0 Å². The van der Waals surface area contributed by atoms with E-state index in [-0.39, 0.29) is 24.6 Å². The number of nitrogens with two attached hydrogens (primary N) is 1. The summed E-state index contributed by atoms with van der Waals surface area (Å²) in [6.07, 6.45) is 2.12. The van der Waals surface area contributed by atoms with Crippen molar-refractivity contribution in [3.05, 3.63) is 30.3 Å². The van der Waals surface area contributed by atoms with Crippen LogP contribution in [-0.2, 0) is 14.4 Å². The van der Waals surface area contributed by atoms with Crippen LogP contribution in [0.4, 0.5) is 5.69 Å². The number of benzene rings is 1. The fourth-order valence-corrected chi connectivity index (χ4v) is 3.02. The Morgan fingerprint density at radius 1 is 1.16 bits per heavy atom.